The first-order valence-electron chi connectivity index (χ1n) is 35.7. The Morgan fingerprint density at radius 3 is 2.53 bits per heavy atom. The molecule has 18 bridgehead atoms. The molecule has 3 aromatic carbocycles. The second-order valence-electron chi connectivity index (χ2n) is 32.3. The first-order valence-corrected chi connectivity index (χ1v) is 35.7. The topological polar surface area (TPSA) is 122 Å². The summed E-state index contributed by atoms with van der Waals surface area (Å²) in [6.07, 6.45) is 41.0. The second-order valence-corrected chi connectivity index (χ2v) is 32.3. The predicted molar refractivity (Wildman–Crippen MR) is 353 cm³/mol. The number of rotatable bonds is 4. The van der Waals surface area contributed by atoms with E-state index in [0.29, 0.717) is 43.9 Å². The van der Waals surface area contributed by atoms with E-state index in [1.807, 2.05) is 0 Å². The number of aliphatic hydroxyl groups excluding tert-OH is 3. The predicted octanol–water partition coefficient (Wildman–Crippen LogP) is 14.9. The molecule has 3 aromatic rings. The van der Waals surface area contributed by atoms with Crippen molar-refractivity contribution in [3.05, 3.63) is 171 Å². The SMILES string of the molecule is CC12C3CCC4(CCC5(CCC(Cc6ccccc6)C5)C4)C14CC(O)C2C(C(=O)O)CCC(=CO)C(C1CCCCC1)CCCNC1=CC=C(CN1)c1cccc(c1)C1CC#CCC25CC=CC67C=C8C1=c1ccccc1=CC8C(CCC2O)(C(=C4C6)C3)C75. The number of aliphatic hydroxyl groups is 3. The fourth-order valence-corrected chi connectivity index (χ4v) is 26.1. The maximum atomic E-state index is 14.9. The molecule has 17 atom stereocenters. The average molecular weight is 1190 g/mol. The van der Waals surface area contributed by atoms with Crippen LogP contribution in [0.1, 0.15) is 190 Å². The van der Waals surface area contributed by atoms with Crippen molar-refractivity contribution in [2.24, 2.45) is 85.2 Å². The molecule has 17 unspecified atom stereocenters. The number of fused-ring (bicyclic) bond motifs is 4. The van der Waals surface area contributed by atoms with Crippen molar-refractivity contribution in [2.45, 2.75) is 192 Å². The molecule has 6 N–H and O–H groups in total. The van der Waals surface area contributed by atoms with Gasteiger partial charge in [-0.25, -0.2) is 0 Å². The molecule has 13 aliphatic carbocycles. The van der Waals surface area contributed by atoms with Gasteiger partial charge < -0.3 is 31.1 Å². The Kier molecular flexibility index (Phi) is 13.5. The van der Waals surface area contributed by atoms with Gasteiger partial charge in [-0.15, -0.1) is 11.8 Å². The van der Waals surface area contributed by atoms with E-state index in [1.165, 1.54) is 101 Å². The lowest BCUT2D eigenvalue weighted by Gasteiger charge is -2.76. The molecule has 0 radical (unpaired) electrons. The first-order chi connectivity index (χ1) is 43.4. The van der Waals surface area contributed by atoms with Gasteiger partial charge in [-0.2, -0.15) is 0 Å². The van der Waals surface area contributed by atoms with Crippen molar-refractivity contribution >= 4 is 23.2 Å². The Labute approximate surface area is 529 Å². The van der Waals surface area contributed by atoms with Gasteiger partial charge in [0.2, 0.25) is 0 Å². The minimum atomic E-state index is -0.781. The minimum absolute atomic E-state index is 0.0114. The monoisotopic (exact) mass is 1190 g/mol. The average Bonchev–Trinajstić information content (AvgIpc) is 1.62. The molecule has 0 amide bonds. The van der Waals surface area contributed by atoms with Crippen LogP contribution in [-0.2, 0) is 11.2 Å². The van der Waals surface area contributed by atoms with Gasteiger partial charge in [0, 0.05) is 65.3 Å². The van der Waals surface area contributed by atoms with E-state index in [9.17, 15) is 25.2 Å². The summed E-state index contributed by atoms with van der Waals surface area (Å²) in [5.41, 5.74) is 10.5. The molecule has 20 rings (SSSR count). The summed E-state index contributed by atoms with van der Waals surface area (Å²) in [5.74, 6) is 8.60. The fourth-order valence-electron chi connectivity index (χ4n) is 26.1. The van der Waals surface area contributed by atoms with Crippen LogP contribution in [0.25, 0.3) is 17.2 Å². The van der Waals surface area contributed by atoms with E-state index in [0.717, 1.165) is 108 Å². The van der Waals surface area contributed by atoms with Gasteiger partial charge in [0.25, 0.3) is 0 Å². The Hall–Kier alpha value is -5.81. The molecule has 7 heteroatoms. The van der Waals surface area contributed by atoms with Crippen LogP contribution < -0.4 is 21.1 Å². The number of allylic oxidation sites excluding steroid dienone is 9. The third-order valence-electron chi connectivity index (χ3n) is 29.1. The first kappa shape index (κ1) is 57.1. The Balaban J connectivity index is 0.894. The number of hydrogen-bond donors (Lipinski definition) is 6. The lowest BCUT2D eigenvalue weighted by atomic mass is 9.27. The van der Waals surface area contributed by atoms with E-state index in [2.05, 4.69) is 145 Å². The van der Waals surface area contributed by atoms with E-state index in [4.69, 9.17) is 0 Å². The van der Waals surface area contributed by atoms with E-state index in [1.54, 1.807) is 11.1 Å². The van der Waals surface area contributed by atoms with Crippen LogP contribution >= 0.6 is 0 Å². The van der Waals surface area contributed by atoms with Crippen LogP contribution in [0.3, 0.4) is 0 Å². The number of carboxylic acids is 1. The number of carbonyl (C=O) groups is 1. The Morgan fingerprint density at radius 1 is 0.820 bits per heavy atom. The van der Waals surface area contributed by atoms with Gasteiger partial charge >= 0.3 is 5.97 Å². The summed E-state index contributed by atoms with van der Waals surface area (Å²) in [4.78, 5) is 14.9. The van der Waals surface area contributed by atoms with E-state index in [-0.39, 0.29) is 45.8 Å². The second kappa shape index (κ2) is 21.1. The normalized spacial score (nSPS) is 42.8. The third-order valence-corrected chi connectivity index (χ3v) is 29.1. The molecule has 7 nitrogen and oxygen atoms in total. The molecule has 6 fully saturated rings. The molecule has 6 saturated carbocycles. The van der Waals surface area contributed by atoms with Crippen LogP contribution in [0.5, 0.6) is 0 Å². The minimum Gasteiger partial charge on any atom is -0.516 e. The summed E-state index contributed by atoms with van der Waals surface area (Å²) < 4.78 is 0. The zero-order valence-corrected chi connectivity index (χ0v) is 52.9. The third kappa shape index (κ3) is 8.18. The number of benzene rings is 3. The molecule has 4 heterocycles. The molecule has 0 aromatic heterocycles. The van der Waals surface area contributed by atoms with Crippen molar-refractivity contribution in [1.82, 2.24) is 10.6 Å². The maximum absolute atomic E-state index is 14.9. The Bertz CT molecular complexity index is 3790. The van der Waals surface area contributed by atoms with Crippen molar-refractivity contribution in [2.75, 3.05) is 13.1 Å². The van der Waals surface area contributed by atoms with Crippen LogP contribution in [0.4, 0.5) is 0 Å². The van der Waals surface area contributed by atoms with Crippen LogP contribution in [0, 0.1) is 97.1 Å². The van der Waals surface area contributed by atoms with E-state index >= 15 is 0 Å². The molecule has 4 spiro atoms. The largest absolute Gasteiger partial charge is 0.516 e. The molecule has 464 valence electrons. The van der Waals surface area contributed by atoms with Crippen molar-refractivity contribution in [3.63, 3.8) is 0 Å². The summed E-state index contributed by atoms with van der Waals surface area (Å²) in [7, 11) is 0. The van der Waals surface area contributed by atoms with Crippen molar-refractivity contribution < 1.29 is 25.2 Å². The number of carboxylic acid groups (broad SMARTS) is 1. The van der Waals surface area contributed by atoms with Gasteiger partial charge in [-0.1, -0.05) is 147 Å². The van der Waals surface area contributed by atoms with Gasteiger partial charge in [-0.3, -0.25) is 4.79 Å². The summed E-state index contributed by atoms with van der Waals surface area (Å²) in [5, 5.41) is 61.1. The molecule has 4 aliphatic heterocycles. The highest BCUT2D eigenvalue weighted by atomic mass is 16.4. The molecule has 89 heavy (non-hydrogen) atoms. The number of nitrogens with one attached hydrogen (secondary N) is 2. The highest BCUT2D eigenvalue weighted by Crippen LogP contribution is 2.88. The van der Waals surface area contributed by atoms with Gasteiger partial charge in [-0.05, 0) is 236 Å². The summed E-state index contributed by atoms with van der Waals surface area (Å²) >= 11 is 0. The lowest BCUT2D eigenvalue weighted by Crippen LogP contribution is -2.70. The number of aliphatic carboxylic acids is 1. The zero-order valence-electron chi connectivity index (χ0n) is 52.9. The highest BCUT2D eigenvalue weighted by molar-refractivity contribution is 5.80. The molecule has 17 aliphatic rings. The Morgan fingerprint density at radius 2 is 1.69 bits per heavy atom. The number of dihydropyridines is 1. The van der Waals surface area contributed by atoms with Crippen LogP contribution in [0.2, 0.25) is 0 Å². The zero-order chi connectivity index (χ0) is 60.1. The molecule has 0 saturated heterocycles. The number of hydrogen-bond acceptors (Lipinski definition) is 6. The van der Waals surface area contributed by atoms with Gasteiger partial charge in [0.15, 0.2) is 0 Å². The molecular weight excluding hydrogens is 1090 g/mol. The fraction of sp³-hybridized carbons (Fsp3) is 0.573. The van der Waals surface area contributed by atoms with Crippen molar-refractivity contribution in [3.8, 4) is 11.8 Å². The highest BCUT2D eigenvalue weighted by Gasteiger charge is 2.82. The molecular formula is C82H96N2O5. The summed E-state index contributed by atoms with van der Waals surface area (Å²) in [6, 6.07) is 30.0. The van der Waals surface area contributed by atoms with Gasteiger partial charge in [0.1, 0.15) is 0 Å². The van der Waals surface area contributed by atoms with Crippen LogP contribution in [0.15, 0.2) is 144 Å². The van der Waals surface area contributed by atoms with Crippen LogP contribution in [-0.4, -0.2) is 51.7 Å². The lowest BCUT2D eigenvalue weighted by molar-refractivity contribution is -0.194. The smallest absolute Gasteiger partial charge is 0.306 e. The maximum Gasteiger partial charge on any atom is 0.306 e. The standard InChI is InChI=1S/C82H96N2O5/c1-76-60-30-36-79(39-38-77(51-79)35-29-53(45-77)41-52-15-4-2-5-16-52)82(76)48-69(86)73(76)64(74(88)89)27-25-59(50-85)61(54-17-6-3-7-18-54)24-13-40-83-71-28-26-58(49-84-71)55-20-12-21-56(42-55)62-23-10-11-33-80-34-14-32-78-46-65-66(43-57-19-8-9-22-63(57)72(62)65)81(75(78)80,37-31-70(80)87)67(44-60)68(82)47-78/h2,4-5,8-9,12,14-16,19-22,26,28,32,42-43,46,50,53-54,60-62,64,66,69-70,73,75,83-87H,3,6-7,13,17-18,23-25,27,29-31,33-41,44-45,47-49,51H2,1H3,(H,88,89). The summed E-state index contributed by atoms with van der Waals surface area (Å²) in [6.45, 7) is 4.11. The van der Waals surface area contributed by atoms with Gasteiger partial charge in [0.05, 0.1) is 30.2 Å². The van der Waals surface area contributed by atoms with E-state index < -0.39 is 51.7 Å². The van der Waals surface area contributed by atoms with Crippen molar-refractivity contribution in [1.29, 1.82) is 0 Å². The quantitative estimate of drug-likeness (QED) is 0.0874.